The van der Waals surface area contributed by atoms with Crippen molar-refractivity contribution in [1.82, 2.24) is 0 Å². The normalized spacial score (nSPS) is 12.3. The number of halogens is 1. The van der Waals surface area contributed by atoms with Crippen molar-refractivity contribution in [3.05, 3.63) is 53.1 Å². The van der Waals surface area contributed by atoms with Gasteiger partial charge < -0.3 is 10.1 Å². The Kier molecular flexibility index (Phi) is 6.15. The van der Waals surface area contributed by atoms with E-state index >= 15 is 0 Å². The molecule has 26 heavy (non-hydrogen) atoms. The highest BCUT2D eigenvalue weighted by Crippen LogP contribution is 2.23. The minimum atomic E-state index is -3.38. The third-order valence-electron chi connectivity index (χ3n) is 3.79. The van der Waals surface area contributed by atoms with Gasteiger partial charge in [-0.15, -0.1) is 0 Å². The summed E-state index contributed by atoms with van der Waals surface area (Å²) in [6.45, 7) is 3.48. The highest BCUT2D eigenvalue weighted by Gasteiger charge is 2.17. The second kappa shape index (κ2) is 7.97. The molecule has 8 heteroatoms. The number of carbonyl (C=O) groups is 1. The van der Waals surface area contributed by atoms with Crippen LogP contribution in [-0.4, -0.2) is 33.7 Å². The molecule has 1 N–H and O–H groups in total. The molecule has 0 spiro atoms. The van der Waals surface area contributed by atoms with E-state index in [4.69, 9.17) is 16.3 Å². The molecule has 6 nitrogen and oxygen atoms in total. The van der Waals surface area contributed by atoms with Gasteiger partial charge in [0.15, 0.2) is 6.10 Å². The molecule has 0 saturated carbocycles. The van der Waals surface area contributed by atoms with Crippen molar-refractivity contribution in [2.24, 2.45) is 0 Å². The summed E-state index contributed by atoms with van der Waals surface area (Å²) in [6.07, 6.45) is 0.370. The van der Waals surface area contributed by atoms with Crippen LogP contribution in [0, 0.1) is 6.92 Å². The molecule has 0 radical (unpaired) electrons. The van der Waals surface area contributed by atoms with E-state index in [9.17, 15) is 13.2 Å². The summed E-state index contributed by atoms with van der Waals surface area (Å²) in [6, 6.07) is 11.7. The molecule has 0 bridgehead atoms. The van der Waals surface area contributed by atoms with Crippen LogP contribution < -0.4 is 14.4 Å². The van der Waals surface area contributed by atoms with Gasteiger partial charge in [-0.25, -0.2) is 8.42 Å². The van der Waals surface area contributed by atoms with E-state index in [1.807, 2.05) is 6.92 Å². The minimum Gasteiger partial charge on any atom is -0.481 e. The number of sulfonamides is 1. The Labute approximate surface area is 158 Å². The molecule has 0 aliphatic carbocycles. The first kappa shape index (κ1) is 20.1. The van der Waals surface area contributed by atoms with E-state index in [1.165, 1.54) is 7.05 Å². The van der Waals surface area contributed by atoms with Crippen molar-refractivity contribution in [1.29, 1.82) is 0 Å². The lowest BCUT2D eigenvalue weighted by Crippen LogP contribution is -2.30. The highest BCUT2D eigenvalue weighted by molar-refractivity contribution is 7.92. The molecule has 0 heterocycles. The smallest absolute Gasteiger partial charge is 0.265 e. The fourth-order valence-corrected chi connectivity index (χ4v) is 2.78. The summed E-state index contributed by atoms with van der Waals surface area (Å²) in [5, 5.41) is 3.35. The first-order chi connectivity index (χ1) is 12.1. The summed E-state index contributed by atoms with van der Waals surface area (Å²) in [4.78, 5) is 12.4. The Bertz CT molecular complexity index is 915. The Hall–Kier alpha value is -2.25. The molecule has 0 unspecified atom stereocenters. The number of rotatable bonds is 6. The first-order valence-corrected chi connectivity index (χ1v) is 10.1. The van der Waals surface area contributed by atoms with Gasteiger partial charge in [0.05, 0.1) is 11.9 Å². The third-order valence-corrected chi connectivity index (χ3v) is 5.42. The van der Waals surface area contributed by atoms with Crippen LogP contribution in [0.5, 0.6) is 5.75 Å². The molecule has 1 amide bonds. The van der Waals surface area contributed by atoms with Crippen molar-refractivity contribution < 1.29 is 17.9 Å². The van der Waals surface area contributed by atoms with E-state index < -0.39 is 16.1 Å². The van der Waals surface area contributed by atoms with Crippen LogP contribution in [0.25, 0.3) is 0 Å². The van der Waals surface area contributed by atoms with Gasteiger partial charge >= 0.3 is 0 Å². The number of anilines is 2. The van der Waals surface area contributed by atoms with Crippen LogP contribution in [0.4, 0.5) is 11.4 Å². The predicted octanol–water partition coefficient (Wildman–Crippen LogP) is 3.45. The van der Waals surface area contributed by atoms with Crippen LogP contribution in [0.15, 0.2) is 42.5 Å². The molecular formula is C18H21ClN2O4S. The lowest BCUT2D eigenvalue weighted by molar-refractivity contribution is -0.122. The fraction of sp³-hybridized carbons (Fsp3) is 0.278. The largest absolute Gasteiger partial charge is 0.481 e. The highest BCUT2D eigenvalue weighted by atomic mass is 35.5. The average molecular weight is 397 g/mol. The molecule has 0 aromatic heterocycles. The summed E-state index contributed by atoms with van der Waals surface area (Å²) in [7, 11) is -1.93. The Morgan fingerprint density at radius 1 is 1.23 bits per heavy atom. The molecule has 2 rings (SSSR count). The quantitative estimate of drug-likeness (QED) is 0.811. The zero-order valence-electron chi connectivity index (χ0n) is 15.0. The van der Waals surface area contributed by atoms with Crippen molar-refractivity contribution >= 4 is 38.9 Å². The maximum Gasteiger partial charge on any atom is 0.265 e. The van der Waals surface area contributed by atoms with Gasteiger partial charge in [0, 0.05) is 17.8 Å². The maximum atomic E-state index is 12.4. The topological polar surface area (TPSA) is 75.7 Å². The van der Waals surface area contributed by atoms with E-state index in [0.29, 0.717) is 22.1 Å². The molecule has 2 aromatic rings. The van der Waals surface area contributed by atoms with Crippen LogP contribution in [0.2, 0.25) is 5.02 Å². The number of aryl methyl sites for hydroxylation is 1. The molecular weight excluding hydrogens is 376 g/mol. The second-order valence-corrected chi connectivity index (χ2v) is 8.36. The zero-order chi connectivity index (χ0) is 19.5. The molecule has 0 saturated heterocycles. The lowest BCUT2D eigenvalue weighted by atomic mass is 10.2. The number of nitrogens with one attached hydrogen (secondary N) is 1. The number of nitrogens with zero attached hydrogens (tertiary/aromatic N) is 1. The van der Waals surface area contributed by atoms with Crippen LogP contribution in [0.3, 0.4) is 0 Å². The van der Waals surface area contributed by atoms with Crippen LogP contribution in [0.1, 0.15) is 12.5 Å². The monoisotopic (exact) mass is 396 g/mol. The summed E-state index contributed by atoms with van der Waals surface area (Å²) in [5.41, 5.74) is 1.78. The number of benzene rings is 2. The van der Waals surface area contributed by atoms with Crippen molar-refractivity contribution in [3.63, 3.8) is 0 Å². The first-order valence-electron chi connectivity index (χ1n) is 7.85. The number of amides is 1. The zero-order valence-corrected chi connectivity index (χ0v) is 16.6. The van der Waals surface area contributed by atoms with Gasteiger partial charge in [-0.05, 0) is 55.8 Å². The number of ether oxygens (including phenoxy) is 1. The molecule has 1 atom stereocenters. The van der Waals surface area contributed by atoms with Gasteiger partial charge in [-0.3, -0.25) is 9.10 Å². The van der Waals surface area contributed by atoms with Crippen molar-refractivity contribution in [3.8, 4) is 5.75 Å². The molecule has 140 valence electrons. The minimum absolute atomic E-state index is 0.350. The van der Waals surface area contributed by atoms with E-state index in [2.05, 4.69) is 5.32 Å². The van der Waals surface area contributed by atoms with Gasteiger partial charge in [0.1, 0.15) is 5.75 Å². The van der Waals surface area contributed by atoms with E-state index in [-0.39, 0.29) is 5.91 Å². The predicted molar refractivity (Wildman–Crippen MR) is 105 cm³/mol. The summed E-state index contributed by atoms with van der Waals surface area (Å²) in [5.74, 6) is 0.192. The Morgan fingerprint density at radius 3 is 2.54 bits per heavy atom. The number of carbonyl (C=O) groups excluding carboxylic acids is 1. The maximum absolute atomic E-state index is 12.4. The standard InChI is InChI=1S/C18H21ClN2O4S/c1-12-10-16(8-9-17(12)19)25-13(2)18(22)20-14-6-5-7-15(11-14)21(3)26(4,23)24/h5-11,13H,1-4H3,(H,20,22)/t13-/m0/s1. The second-order valence-electron chi connectivity index (χ2n) is 5.94. The summed E-state index contributed by atoms with van der Waals surface area (Å²) < 4.78 is 30.1. The van der Waals surface area contributed by atoms with Gasteiger partial charge in [-0.2, -0.15) is 0 Å². The SMILES string of the molecule is Cc1cc(O[C@@H](C)C(=O)Nc2cccc(N(C)S(C)(=O)=O)c2)ccc1Cl. The third kappa shape index (κ3) is 5.12. The van der Waals surface area contributed by atoms with Crippen LogP contribution in [-0.2, 0) is 14.8 Å². The Balaban J connectivity index is 2.08. The molecule has 0 fully saturated rings. The average Bonchev–Trinajstić information content (AvgIpc) is 2.56. The molecule has 0 aliphatic heterocycles. The lowest BCUT2D eigenvalue weighted by Gasteiger charge is -2.18. The van der Waals surface area contributed by atoms with Crippen LogP contribution >= 0.6 is 11.6 Å². The fourth-order valence-electron chi connectivity index (χ4n) is 2.16. The number of hydrogen-bond donors (Lipinski definition) is 1. The Morgan fingerprint density at radius 2 is 1.92 bits per heavy atom. The van der Waals surface area contributed by atoms with Gasteiger partial charge in [-0.1, -0.05) is 17.7 Å². The van der Waals surface area contributed by atoms with Crippen molar-refractivity contribution in [2.45, 2.75) is 20.0 Å². The number of hydrogen-bond acceptors (Lipinski definition) is 4. The van der Waals surface area contributed by atoms with Gasteiger partial charge in [0.25, 0.3) is 5.91 Å². The van der Waals surface area contributed by atoms with E-state index in [0.717, 1.165) is 16.1 Å². The van der Waals surface area contributed by atoms with Crippen molar-refractivity contribution in [2.75, 3.05) is 22.9 Å². The molecule has 2 aromatic carbocycles. The molecule has 0 aliphatic rings. The van der Waals surface area contributed by atoms with Gasteiger partial charge in [0.2, 0.25) is 10.0 Å². The summed E-state index contributed by atoms with van der Waals surface area (Å²) >= 11 is 5.98. The van der Waals surface area contributed by atoms with E-state index in [1.54, 1.807) is 49.4 Å².